The van der Waals surface area contributed by atoms with Crippen molar-refractivity contribution in [2.24, 2.45) is 0 Å². The van der Waals surface area contributed by atoms with Gasteiger partial charge < -0.3 is 4.90 Å². The lowest BCUT2D eigenvalue weighted by Crippen LogP contribution is -2.33. The van der Waals surface area contributed by atoms with Crippen LogP contribution in [0.3, 0.4) is 0 Å². The van der Waals surface area contributed by atoms with Crippen LogP contribution in [0.15, 0.2) is 0 Å². The minimum absolute atomic E-state index is 0.347. The summed E-state index contributed by atoms with van der Waals surface area (Å²) in [5, 5.41) is 0. The van der Waals surface area contributed by atoms with Gasteiger partial charge in [0.15, 0.2) is 0 Å². The van der Waals surface area contributed by atoms with Crippen LogP contribution in [0, 0.1) is 0 Å². The van der Waals surface area contributed by atoms with E-state index < -0.39 is 0 Å². The van der Waals surface area contributed by atoms with Crippen LogP contribution in [0.5, 0.6) is 0 Å². The third kappa shape index (κ3) is 4.32. The van der Waals surface area contributed by atoms with Crippen molar-refractivity contribution in [1.82, 2.24) is 4.90 Å². The minimum Gasteiger partial charge on any atom is -0.343 e. The number of hydrogen-bond acceptors (Lipinski definition) is 1. The third-order valence-electron chi connectivity index (χ3n) is 2.73. The van der Waals surface area contributed by atoms with E-state index in [1.54, 1.807) is 0 Å². The van der Waals surface area contributed by atoms with Gasteiger partial charge in [-0.3, -0.25) is 4.79 Å². The molecule has 0 saturated carbocycles. The van der Waals surface area contributed by atoms with Gasteiger partial charge in [-0.25, -0.2) is 0 Å². The number of hydrogen-bond donors (Lipinski definition) is 0. The molecule has 1 rings (SSSR count). The van der Waals surface area contributed by atoms with Crippen LogP contribution in [-0.4, -0.2) is 29.8 Å². The van der Waals surface area contributed by atoms with E-state index in [1.165, 1.54) is 19.3 Å². The second kappa shape index (κ2) is 7.10. The van der Waals surface area contributed by atoms with E-state index in [9.17, 15) is 4.79 Å². The number of unbranched alkanes of at least 4 members (excludes halogenated alkanes) is 1. The van der Waals surface area contributed by atoms with E-state index in [0.717, 1.165) is 38.8 Å². The lowest BCUT2D eigenvalue weighted by atomic mass is 10.1. The summed E-state index contributed by atoms with van der Waals surface area (Å²) >= 11 is 5.61. The summed E-state index contributed by atoms with van der Waals surface area (Å²) in [4.78, 5) is 13.7. The Balaban J connectivity index is 2.26. The zero-order valence-corrected chi connectivity index (χ0v) is 9.56. The SMILES string of the molecule is O=C1CCCCCCN1CCCCCl. The maximum absolute atomic E-state index is 11.7. The Hall–Kier alpha value is -0.240. The second-order valence-electron chi connectivity index (χ2n) is 3.94. The molecule has 0 N–H and O–H groups in total. The van der Waals surface area contributed by atoms with Crippen molar-refractivity contribution in [3.05, 3.63) is 0 Å². The predicted molar refractivity (Wildman–Crippen MR) is 59.6 cm³/mol. The first kappa shape index (κ1) is 11.8. The molecular formula is C11H20ClNO. The molecule has 1 heterocycles. The summed E-state index contributed by atoms with van der Waals surface area (Å²) in [6.45, 7) is 1.87. The van der Waals surface area contributed by atoms with Crippen molar-refractivity contribution < 1.29 is 4.79 Å². The van der Waals surface area contributed by atoms with Gasteiger partial charge in [-0.05, 0) is 25.7 Å². The van der Waals surface area contributed by atoms with Gasteiger partial charge >= 0.3 is 0 Å². The lowest BCUT2D eigenvalue weighted by molar-refractivity contribution is -0.131. The van der Waals surface area contributed by atoms with Crippen LogP contribution in [0.1, 0.15) is 44.9 Å². The first-order valence-corrected chi connectivity index (χ1v) is 6.22. The normalized spacial score (nSPS) is 19.2. The summed E-state index contributed by atoms with van der Waals surface area (Å²) in [5.74, 6) is 1.06. The quantitative estimate of drug-likeness (QED) is 0.524. The van der Waals surface area contributed by atoms with Gasteiger partial charge in [0, 0.05) is 25.4 Å². The van der Waals surface area contributed by atoms with Crippen LogP contribution in [0.4, 0.5) is 0 Å². The lowest BCUT2D eigenvalue weighted by Gasteiger charge is -2.24. The number of amides is 1. The highest BCUT2D eigenvalue weighted by Gasteiger charge is 2.14. The van der Waals surface area contributed by atoms with Crippen molar-refractivity contribution in [3.8, 4) is 0 Å². The zero-order valence-electron chi connectivity index (χ0n) is 8.80. The predicted octanol–water partition coefficient (Wildman–Crippen LogP) is 2.80. The third-order valence-corrected chi connectivity index (χ3v) is 3.00. The average molecular weight is 218 g/mol. The van der Waals surface area contributed by atoms with Crippen LogP contribution in [-0.2, 0) is 4.79 Å². The molecule has 82 valence electrons. The molecule has 0 unspecified atom stereocenters. The highest BCUT2D eigenvalue weighted by atomic mass is 35.5. The van der Waals surface area contributed by atoms with Crippen LogP contribution in [0.2, 0.25) is 0 Å². The highest BCUT2D eigenvalue weighted by Crippen LogP contribution is 2.12. The molecule has 1 amide bonds. The van der Waals surface area contributed by atoms with Crippen molar-refractivity contribution in [2.75, 3.05) is 19.0 Å². The van der Waals surface area contributed by atoms with E-state index in [0.29, 0.717) is 11.8 Å². The van der Waals surface area contributed by atoms with Gasteiger partial charge in [-0.1, -0.05) is 12.8 Å². The molecule has 0 aromatic heterocycles. The van der Waals surface area contributed by atoms with Crippen molar-refractivity contribution in [3.63, 3.8) is 0 Å². The molecular weight excluding hydrogens is 198 g/mol. The molecule has 3 heteroatoms. The van der Waals surface area contributed by atoms with Gasteiger partial charge in [0.05, 0.1) is 0 Å². The highest BCUT2D eigenvalue weighted by molar-refractivity contribution is 6.17. The molecule has 0 atom stereocenters. The largest absolute Gasteiger partial charge is 0.343 e. The Kier molecular flexibility index (Phi) is 6.00. The maximum atomic E-state index is 11.7. The fraction of sp³-hybridized carbons (Fsp3) is 0.909. The molecule has 1 fully saturated rings. The standard InChI is InChI=1S/C11H20ClNO/c12-8-4-6-10-13-9-5-2-1-3-7-11(13)14/h1-10H2. The number of likely N-dealkylation sites (tertiary alicyclic amines) is 1. The fourth-order valence-electron chi connectivity index (χ4n) is 1.85. The minimum atomic E-state index is 0.347. The van der Waals surface area contributed by atoms with Gasteiger partial charge in [0.2, 0.25) is 5.91 Å². The van der Waals surface area contributed by atoms with Crippen LogP contribution in [0.25, 0.3) is 0 Å². The van der Waals surface area contributed by atoms with Crippen molar-refractivity contribution >= 4 is 17.5 Å². The van der Waals surface area contributed by atoms with Crippen LogP contribution < -0.4 is 0 Å². The number of carbonyl (C=O) groups is 1. The van der Waals surface area contributed by atoms with Crippen LogP contribution >= 0.6 is 11.6 Å². The number of rotatable bonds is 4. The van der Waals surface area contributed by atoms with E-state index in [4.69, 9.17) is 11.6 Å². The van der Waals surface area contributed by atoms with Gasteiger partial charge in [-0.2, -0.15) is 0 Å². The zero-order chi connectivity index (χ0) is 10.2. The Labute approximate surface area is 91.6 Å². The molecule has 0 spiro atoms. The molecule has 1 aliphatic heterocycles. The monoisotopic (exact) mass is 217 g/mol. The molecule has 0 bridgehead atoms. The summed E-state index contributed by atoms with van der Waals surface area (Å²) in [6, 6.07) is 0. The smallest absolute Gasteiger partial charge is 0.222 e. The Morgan fingerprint density at radius 2 is 1.93 bits per heavy atom. The summed E-state index contributed by atoms with van der Waals surface area (Å²) < 4.78 is 0. The Morgan fingerprint density at radius 1 is 1.14 bits per heavy atom. The number of alkyl halides is 1. The van der Waals surface area contributed by atoms with E-state index in [-0.39, 0.29) is 0 Å². The maximum Gasteiger partial charge on any atom is 0.222 e. The van der Waals surface area contributed by atoms with Crippen molar-refractivity contribution in [1.29, 1.82) is 0 Å². The first-order chi connectivity index (χ1) is 6.84. The summed E-state index contributed by atoms with van der Waals surface area (Å²) in [6.07, 6.45) is 7.57. The molecule has 0 aliphatic carbocycles. The molecule has 0 aromatic carbocycles. The van der Waals surface area contributed by atoms with Gasteiger partial charge in [0.1, 0.15) is 0 Å². The molecule has 1 aliphatic rings. The Bertz CT molecular complexity index is 173. The van der Waals surface area contributed by atoms with E-state index in [2.05, 4.69) is 0 Å². The number of halogens is 1. The van der Waals surface area contributed by atoms with Gasteiger partial charge in [0.25, 0.3) is 0 Å². The topological polar surface area (TPSA) is 20.3 Å². The molecule has 0 radical (unpaired) electrons. The molecule has 1 saturated heterocycles. The van der Waals surface area contributed by atoms with E-state index >= 15 is 0 Å². The number of carbonyl (C=O) groups excluding carboxylic acids is 1. The fourth-order valence-corrected chi connectivity index (χ4v) is 2.04. The first-order valence-electron chi connectivity index (χ1n) is 5.68. The van der Waals surface area contributed by atoms with Gasteiger partial charge in [-0.15, -0.1) is 11.6 Å². The molecule has 0 aromatic rings. The molecule has 2 nitrogen and oxygen atoms in total. The Morgan fingerprint density at radius 3 is 2.71 bits per heavy atom. The van der Waals surface area contributed by atoms with E-state index in [1.807, 2.05) is 4.90 Å². The second-order valence-corrected chi connectivity index (χ2v) is 4.32. The number of nitrogens with zero attached hydrogens (tertiary/aromatic N) is 1. The molecule has 14 heavy (non-hydrogen) atoms. The average Bonchev–Trinajstić information content (AvgIpc) is 2.17. The van der Waals surface area contributed by atoms with Crippen molar-refractivity contribution in [2.45, 2.75) is 44.9 Å². The summed E-state index contributed by atoms with van der Waals surface area (Å²) in [7, 11) is 0. The summed E-state index contributed by atoms with van der Waals surface area (Å²) in [5.41, 5.74) is 0.